The molecule has 0 atom stereocenters. The summed E-state index contributed by atoms with van der Waals surface area (Å²) in [6.45, 7) is 7.24. The third-order valence-electron chi connectivity index (χ3n) is 3.30. The SMILES string of the molecule is COc1cc(CN(CCC(=O)O)C(C)(C)C)ccc1C#N. The number of hydrogen-bond acceptors (Lipinski definition) is 4. The molecule has 1 aromatic rings. The van der Waals surface area contributed by atoms with Crippen molar-refractivity contribution in [1.82, 2.24) is 4.90 Å². The molecule has 5 heteroatoms. The number of methoxy groups -OCH3 is 1. The molecule has 0 aromatic heterocycles. The molecule has 0 bridgehead atoms. The van der Waals surface area contributed by atoms with Crippen molar-refractivity contribution in [2.75, 3.05) is 13.7 Å². The fourth-order valence-corrected chi connectivity index (χ4v) is 2.03. The van der Waals surface area contributed by atoms with Crippen molar-refractivity contribution in [3.8, 4) is 11.8 Å². The molecule has 0 aliphatic rings. The van der Waals surface area contributed by atoms with E-state index in [0.717, 1.165) is 5.56 Å². The quantitative estimate of drug-likeness (QED) is 0.872. The van der Waals surface area contributed by atoms with Gasteiger partial charge in [-0.15, -0.1) is 0 Å². The average molecular weight is 290 g/mol. The molecule has 114 valence electrons. The zero-order chi connectivity index (χ0) is 16.0. The van der Waals surface area contributed by atoms with Crippen molar-refractivity contribution in [2.45, 2.75) is 39.3 Å². The normalized spacial score (nSPS) is 11.2. The van der Waals surface area contributed by atoms with Gasteiger partial charge in [0.15, 0.2) is 0 Å². The van der Waals surface area contributed by atoms with E-state index in [1.54, 1.807) is 6.07 Å². The van der Waals surface area contributed by atoms with Crippen molar-refractivity contribution in [3.05, 3.63) is 29.3 Å². The van der Waals surface area contributed by atoms with E-state index in [4.69, 9.17) is 15.1 Å². The van der Waals surface area contributed by atoms with Crippen LogP contribution in [0.5, 0.6) is 5.75 Å². The number of rotatable bonds is 6. The molecule has 0 aliphatic heterocycles. The Morgan fingerprint density at radius 3 is 2.57 bits per heavy atom. The van der Waals surface area contributed by atoms with Gasteiger partial charge >= 0.3 is 5.97 Å². The first kappa shape index (κ1) is 17.0. The Labute approximate surface area is 125 Å². The highest BCUT2D eigenvalue weighted by Crippen LogP contribution is 2.23. The topological polar surface area (TPSA) is 73.6 Å². The third-order valence-corrected chi connectivity index (χ3v) is 3.30. The van der Waals surface area contributed by atoms with Crippen LogP contribution in [0.25, 0.3) is 0 Å². The average Bonchev–Trinajstić information content (AvgIpc) is 2.41. The van der Waals surface area contributed by atoms with E-state index in [2.05, 4.69) is 31.7 Å². The molecule has 1 rings (SSSR count). The standard InChI is InChI=1S/C16H22N2O3/c1-16(2,3)18(8-7-15(19)20)11-12-5-6-13(10-17)14(9-12)21-4/h5-6,9H,7-8,11H2,1-4H3,(H,19,20). The van der Waals surface area contributed by atoms with Crippen molar-refractivity contribution < 1.29 is 14.6 Å². The van der Waals surface area contributed by atoms with Crippen molar-refractivity contribution in [1.29, 1.82) is 5.26 Å². The number of ether oxygens (including phenoxy) is 1. The summed E-state index contributed by atoms with van der Waals surface area (Å²) < 4.78 is 5.21. The van der Waals surface area contributed by atoms with Gasteiger partial charge in [0.05, 0.1) is 19.1 Å². The summed E-state index contributed by atoms with van der Waals surface area (Å²) in [7, 11) is 1.53. The molecule has 0 aliphatic carbocycles. The highest BCUT2D eigenvalue weighted by atomic mass is 16.5. The smallest absolute Gasteiger partial charge is 0.304 e. The summed E-state index contributed by atoms with van der Waals surface area (Å²) in [6.07, 6.45) is 0.102. The molecular formula is C16H22N2O3. The lowest BCUT2D eigenvalue weighted by molar-refractivity contribution is -0.137. The Kier molecular flexibility index (Phi) is 5.74. The number of hydrogen-bond donors (Lipinski definition) is 1. The maximum absolute atomic E-state index is 10.8. The van der Waals surface area contributed by atoms with E-state index in [0.29, 0.717) is 24.4 Å². The summed E-state index contributed by atoms with van der Waals surface area (Å²) in [5.41, 5.74) is 1.34. The van der Waals surface area contributed by atoms with Crippen molar-refractivity contribution in [2.24, 2.45) is 0 Å². The molecular weight excluding hydrogens is 268 g/mol. The number of nitrogens with zero attached hydrogens (tertiary/aromatic N) is 2. The first-order valence-corrected chi connectivity index (χ1v) is 6.81. The van der Waals surface area contributed by atoms with E-state index in [1.807, 2.05) is 12.1 Å². The second-order valence-electron chi connectivity index (χ2n) is 5.88. The minimum atomic E-state index is -0.804. The second-order valence-corrected chi connectivity index (χ2v) is 5.88. The number of aliphatic carboxylic acids is 1. The van der Waals surface area contributed by atoms with Gasteiger partial charge in [-0.3, -0.25) is 9.69 Å². The summed E-state index contributed by atoms with van der Waals surface area (Å²) >= 11 is 0. The van der Waals surface area contributed by atoms with Crippen LogP contribution in [0, 0.1) is 11.3 Å². The van der Waals surface area contributed by atoms with Crippen LogP contribution in [0.1, 0.15) is 38.3 Å². The van der Waals surface area contributed by atoms with Gasteiger partial charge in [0.1, 0.15) is 11.8 Å². The van der Waals surface area contributed by atoms with Crippen molar-refractivity contribution in [3.63, 3.8) is 0 Å². The van der Waals surface area contributed by atoms with Gasteiger partial charge in [0, 0.05) is 18.6 Å². The van der Waals surface area contributed by atoms with Crippen LogP contribution in [0.4, 0.5) is 0 Å². The summed E-state index contributed by atoms with van der Waals surface area (Å²) in [5.74, 6) is -0.260. The Hall–Kier alpha value is -2.06. The predicted molar refractivity (Wildman–Crippen MR) is 80.1 cm³/mol. The van der Waals surface area contributed by atoms with Crippen LogP contribution >= 0.6 is 0 Å². The van der Waals surface area contributed by atoms with Gasteiger partial charge < -0.3 is 9.84 Å². The Morgan fingerprint density at radius 1 is 1.43 bits per heavy atom. The lowest BCUT2D eigenvalue weighted by Gasteiger charge is -2.35. The van der Waals surface area contributed by atoms with E-state index >= 15 is 0 Å². The molecule has 5 nitrogen and oxygen atoms in total. The zero-order valence-electron chi connectivity index (χ0n) is 13.0. The Bertz CT molecular complexity index is 541. The number of benzene rings is 1. The molecule has 0 amide bonds. The molecule has 0 unspecified atom stereocenters. The van der Waals surface area contributed by atoms with Crippen LogP contribution in [-0.2, 0) is 11.3 Å². The fraction of sp³-hybridized carbons (Fsp3) is 0.500. The minimum absolute atomic E-state index is 0.102. The maximum atomic E-state index is 10.8. The highest BCUT2D eigenvalue weighted by molar-refractivity contribution is 5.66. The van der Waals surface area contributed by atoms with Crippen molar-refractivity contribution >= 4 is 5.97 Å². The Morgan fingerprint density at radius 2 is 2.10 bits per heavy atom. The first-order chi connectivity index (χ1) is 9.77. The van der Waals surface area contributed by atoms with E-state index in [1.165, 1.54) is 7.11 Å². The summed E-state index contributed by atoms with van der Waals surface area (Å²) in [4.78, 5) is 12.9. The van der Waals surface area contributed by atoms with E-state index in [-0.39, 0.29) is 12.0 Å². The molecule has 0 saturated heterocycles. The zero-order valence-corrected chi connectivity index (χ0v) is 13.0. The third kappa shape index (κ3) is 5.09. The molecule has 1 aromatic carbocycles. The second kappa shape index (κ2) is 7.09. The minimum Gasteiger partial charge on any atom is -0.495 e. The van der Waals surface area contributed by atoms with E-state index < -0.39 is 5.97 Å². The molecule has 0 radical (unpaired) electrons. The lowest BCUT2D eigenvalue weighted by Crippen LogP contribution is -2.42. The molecule has 0 spiro atoms. The van der Waals surface area contributed by atoms with Crippen LogP contribution in [-0.4, -0.2) is 35.2 Å². The molecule has 0 heterocycles. The van der Waals surface area contributed by atoms with Gasteiger partial charge in [-0.05, 0) is 38.5 Å². The van der Waals surface area contributed by atoms with Crippen LogP contribution < -0.4 is 4.74 Å². The summed E-state index contributed by atoms with van der Waals surface area (Å²) in [5, 5.41) is 17.9. The van der Waals surface area contributed by atoms with E-state index in [9.17, 15) is 4.79 Å². The van der Waals surface area contributed by atoms with Gasteiger partial charge in [0.2, 0.25) is 0 Å². The lowest BCUT2D eigenvalue weighted by atomic mass is 10.0. The monoisotopic (exact) mass is 290 g/mol. The number of carboxylic acids is 1. The number of carbonyl (C=O) groups is 1. The molecule has 21 heavy (non-hydrogen) atoms. The fourth-order valence-electron chi connectivity index (χ4n) is 2.03. The molecule has 1 N–H and O–H groups in total. The van der Waals surface area contributed by atoms with Crippen LogP contribution in [0.15, 0.2) is 18.2 Å². The Balaban J connectivity index is 2.93. The predicted octanol–water partition coefficient (Wildman–Crippen LogP) is 2.64. The number of carboxylic acid groups (broad SMARTS) is 1. The van der Waals surface area contributed by atoms with Crippen LogP contribution in [0.2, 0.25) is 0 Å². The molecule has 0 saturated carbocycles. The summed E-state index contributed by atoms with van der Waals surface area (Å²) in [6, 6.07) is 7.52. The van der Waals surface area contributed by atoms with Gasteiger partial charge in [-0.2, -0.15) is 5.26 Å². The van der Waals surface area contributed by atoms with Gasteiger partial charge in [-0.1, -0.05) is 6.07 Å². The highest BCUT2D eigenvalue weighted by Gasteiger charge is 2.22. The largest absolute Gasteiger partial charge is 0.495 e. The number of nitriles is 1. The van der Waals surface area contributed by atoms with Gasteiger partial charge in [0.25, 0.3) is 0 Å². The first-order valence-electron chi connectivity index (χ1n) is 6.81. The van der Waals surface area contributed by atoms with Gasteiger partial charge in [-0.25, -0.2) is 0 Å². The molecule has 0 fully saturated rings. The maximum Gasteiger partial charge on any atom is 0.304 e. The van der Waals surface area contributed by atoms with Crippen LogP contribution in [0.3, 0.4) is 0 Å².